The van der Waals surface area contributed by atoms with Crippen molar-refractivity contribution in [3.05, 3.63) is 83.0 Å². The van der Waals surface area contributed by atoms with Crippen LogP contribution >= 0.6 is 11.3 Å². The maximum Gasteiger partial charge on any atom is 0.287 e. The first-order valence-electron chi connectivity index (χ1n) is 9.84. The number of nitrogens with one attached hydrogen (secondary N) is 2. The first-order valence-corrected chi connectivity index (χ1v) is 12.1. The molecule has 0 spiro atoms. The summed E-state index contributed by atoms with van der Waals surface area (Å²) in [4.78, 5) is 24.6. The normalized spacial score (nSPS) is 13.5. The Morgan fingerprint density at radius 3 is 2.66 bits per heavy atom. The summed E-state index contributed by atoms with van der Waals surface area (Å²) in [6.07, 6.45) is 1.83. The van der Waals surface area contributed by atoms with Crippen molar-refractivity contribution in [1.29, 1.82) is 0 Å². The van der Waals surface area contributed by atoms with Crippen molar-refractivity contribution >= 4 is 38.2 Å². The minimum absolute atomic E-state index is 0.0555. The molecule has 0 atom stereocenters. The van der Waals surface area contributed by atoms with Crippen LogP contribution in [0.15, 0.2) is 70.7 Å². The first-order chi connectivity index (χ1) is 15.4. The molecule has 2 amide bonds. The van der Waals surface area contributed by atoms with E-state index in [-0.39, 0.29) is 29.8 Å². The highest BCUT2D eigenvalue weighted by Crippen LogP contribution is 2.37. The number of nitrogens with zero attached hydrogens (tertiary/aromatic N) is 1. The molecule has 0 saturated heterocycles. The third-order valence-corrected chi connectivity index (χ3v) is 7.68. The zero-order valence-electron chi connectivity index (χ0n) is 17.0. The second-order valence-electron chi connectivity index (χ2n) is 7.14. The Morgan fingerprint density at radius 1 is 1.16 bits per heavy atom. The lowest BCUT2D eigenvalue weighted by Gasteiger charge is -2.13. The fraction of sp³-hybridized carbons (Fsp3) is 0.182. The van der Waals surface area contributed by atoms with E-state index in [0.717, 1.165) is 16.0 Å². The fourth-order valence-electron chi connectivity index (χ4n) is 3.30. The number of carbonyl (C=O) groups excluding carboxylic acids is 2. The number of sulfonamides is 1. The molecule has 0 fully saturated rings. The number of rotatable bonds is 8. The second-order valence-corrected chi connectivity index (χ2v) is 10.1. The van der Waals surface area contributed by atoms with Crippen molar-refractivity contribution in [1.82, 2.24) is 9.62 Å². The van der Waals surface area contributed by atoms with E-state index in [1.165, 1.54) is 33.9 Å². The van der Waals surface area contributed by atoms with Crippen LogP contribution in [0.4, 0.5) is 5.00 Å². The quantitative estimate of drug-likeness (QED) is 0.491. The molecule has 8 nitrogen and oxygen atoms in total. The Bertz CT molecular complexity index is 1240. The second kappa shape index (κ2) is 9.11. The highest BCUT2D eigenvalue weighted by molar-refractivity contribution is 7.89. The van der Waals surface area contributed by atoms with E-state index in [1.54, 1.807) is 6.07 Å². The number of thiophene rings is 1. The van der Waals surface area contributed by atoms with E-state index in [0.29, 0.717) is 18.0 Å². The Labute approximate surface area is 189 Å². The Kier molecular flexibility index (Phi) is 6.26. The molecule has 2 N–H and O–H groups in total. The van der Waals surface area contributed by atoms with Gasteiger partial charge in [-0.2, -0.15) is 4.31 Å². The SMILES string of the molecule is C=CC(=O)Nc1cc2c(s1)CN(S(=O)(=O)c1ccc(C(=O)NCCc3ccccc3)o1)C2. The summed E-state index contributed by atoms with van der Waals surface area (Å²) < 4.78 is 32.6. The molecule has 1 aliphatic rings. The molecule has 1 aromatic carbocycles. The maximum atomic E-state index is 13.0. The lowest BCUT2D eigenvalue weighted by atomic mass is 10.1. The van der Waals surface area contributed by atoms with Gasteiger partial charge >= 0.3 is 0 Å². The Morgan fingerprint density at radius 2 is 1.94 bits per heavy atom. The van der Waals surface area contributed by atoms with E-state index in [1.807, 2.05) is 30.3 Å². The number of anilines is 1. The standard InChI is InChI=1S/C22H21N3O5S2/c1-2-19(26)24-20-12-16-13-25(14-18(16)31-20)32(28,29)21-9-8-17(30-21)22(27)23-11-10-15-6-4-3-5-7-15/h2-9,12H,1,10-11,13-14H2,(H,23,27)(H,24,26). The van der Waals surface area contributed by atoms with Crippen LogP contribution in [0.2, 0.25) is 0 Å². The van der Waals surface area contributed by atoms with Gasteiger partial charge in [-0.05, 0) is 41.8 Å². The smallest absolute Gasteiger partial charge is 0.287 e. The van der Waals surface area contributed by atoms with Crippen LogP contribution in [0, 0.1) is 0 Å². The molecule has 0 saturated carbocycles. The van der Waals surface area contributed by atoms with Gasteiger partial charge in [0, 0.05) is 24.5 Å². The Hall–Kier alpha value is -3.21. The highest BCUT2D eigenvalue weighted by atomic mass is 32.2. The average molecular weight is 472 g/mol. The van der Waals surface area contributed by atoms with Gasteiger partial charge in [-0.3, -0.25) is 9.59 Å². The molecule has 3 aromatic rings. The molecule has 10 heteroatoms. The van der Waals surface area contributed by atoms with Crippen LogP contribution in [-0.4, -0.2) is 31.1 Å². The molecule has 0 bridgehead atoms. The number of hydrogen-bond donors (Lipinski definition) is 2. The van der Waals surface area contributed by atoms with Crippen LogP contribution in [0.3, 0.4) is 0 Å². The largest absolute Gasteiger partial charge is 0.438 e. The minimum atomic E-state index is -3.90. The zero-order valence-corrected chi connectivity index (χ0v) is 18.7. The zero-order chi connectivity index (χ0) is 22.7. The predicted molar refractivity (Wildman–Crippen MR) is 121 cm³/mol. The number of fused-ring (bicyclic) bond motifs is 1. The van der Waals surface area contributed by atoms with Gasteiger partial charge in [0.05, 0.1) is 5.00 Å². The molecule has 4 rings (SSSR count). The van der Waals surface area contributed by atoms with Gasteiger partial charge in [0.25, 0.3) is 15.9 Å². The number of hydrogen-bond acceptors (Lipinski definition) is 6. The number of carbonyl (C=O) groups is 2. The molecular formula is C22H21N3O5S2. The van der Waals surface area contributed by atoms with Gasteiger partial charge in [-0.1, -0.05) is 36.9 Å². The van der Waals surface area contributed by atoms with E-state index in [9.17, 15) is 18.0 Å². The van der Waals surface area contributed by atoms with Crippen LogP contribution in [0.25, 0.3) is 0 Å². The van der Waals surface area contributed by atoms with Gasteiger partial charge in [-0.15, -0.1) is 11.3 Å². The van der Waals surface area contributed by atoms with Crippen LogP contribution < -0.4 is 10.6 Å². The molecule has 0 radical (unpaired) electrons. The Balaban J connectivity index is 1.37. The average Bonchev–Trinajstić information content (AvgIpc) is 3.50. The molecular weight excluding hydrogens is 450 g/mol. The third-order valence-electron chi connectivity index (χ3n) is 4.94. The summed E-state index contributed by atoms with van der Waals surface area (Å²) in [6.45, 7) is 4.15. The summed E-state index contributed by atoms with van der Waals surface area (Å²) in [7, 11) is -3.90. The van der Waals surface area contributed by atoms with Gasteiger partial charge < -0.3 is 15.1 Å². The van der Waals surface area contributed by atoms with Crippen molar-refractivity contribution < 1.29 is 22.4 Å². The molecule has 0 aliphatic carbocycles. The van der Waals surface area contributed by atoms with Crippen LogP contribution in [0.1, 0.15) is 26.6 Å². The van der Waals surface area contributed by atoms with E-state index < -0.39 is 15.9 Å². The summed E-state index contributed by atoms with van der Waals surface area (Å²) in [5.41, 5.74) is 1.91. The van der Waals surface area contributed by atoms with Crippen molar-refractivity contribution in [3.63, 3.8) is 0 Å². The van der Waals surface area contributed by atoms with Crippen LogP contribution in [0.5, 0.6) is 0 Å². The monoisotopic (exact) mass is 471 g/mol. The maximum absolute atomic E-state index is 13.0. The van der Waals surface area contributed by atoms with E-state index >= 15 is 0 Å². The van der Waals surface area contributed by atoms with E-state index in [4.69, 9.17) is 4.42 Å². The summed E-state index contributed by atoms with van der Waals surface area (Å²) in [5.74, 6) is -0.842. The molecule has 166 valence electrons. The van der Waals surface area contributed by atoms with Crippen molar-refractivity contribution in [3.8, 4) is 0 Å². The predicted octanol–water partition coefficient (Wildman–Crippen LogP) is 3.14. The van der Waals surface area contributed by atoms with Crippen molar-refractivity contribution in [2.75, 3.05) is 11.9 Å². The van der Waals surface area contributed by atoms with Gasteiger partial charge in [0.15, 0.2) is 5.76 Å². The van der Waals surface area contributed by atoms with Crippen molar-refractivity contribution in [2.45, 2.75) is 24.6 Å². The molecule has 0 unspecified atom stereocenters. The summed E-state index contributed by atoms with van der Waals surface area (Å²) in [6, 6.07) is 14.1. The van der Waals surface area contributed by atoms with Crippen molar-refractivity contribution in [2.24, 2.45) is 0 Å². The molecule has 2 aromatic heterocycles. The lowest BCUT2D eigenvalue weighted by molar-refractivity contribution is -0.111. The topological polar surface area (TPSA) is 109 Å². The highest BCUT2D eigenvalue weighted by Gasteiger charge is 2.34. The molecule has 3 heterocycles. The first kappa shape index (κ1) is 22.0. The molecule has 32 heavy (non-hydrogen) atoms. The summed E-state index contributed by atoms with van der Waals surface area (Å²) in [5, 5.41) is 5.78. The number of furan rings is 1. The number of benzene rings is 1. The van der Waals surface area contributed by atoms with Crippen LogP contribution in [-0.2, 0) is 34.3 Å². The minimum Gasteiger partial charge on any atom is -0.438 e. The summed E-state index contributed by atoms with van der Waals surface area (Å²) >= 11 is 1.32. The van der Waals surface area contributed by atoms with Gasteiger partial charge in [0.2, 0.25) is 11.0 Å². The fourth-order valence-corrected chi connectivity index (χ4v) is 5.78. The number of amides is 2. The van der Waals surface area contributed by atoms with Gasteiger partial charge in [-0.25, -0.2) is 8.42 Å². The lowest BCUT2D eigenvalue weighted by Crippen LogP contribution is -2.26. The van der Waals surface area contributed by atoms with E-state index in [2.05, 4.69) is 17.2 Å². The van der Waals surface area contributed by atoms with Gasteiger partial charge in [0.1, 0.15) is 0 Å². The third kappa shape index (κ3) is 4.67. The molecule has 1 aliphatic heterocycles.